The van der Waals surface area contributed by atoms with Gasteiger partial charge in [-0.25, -0.2) is 5.06 Å². The summed E-state index contributed by atoms with van der Waals surface area (Å²) < 4.78 is 5.37. The molecule has 0 aliphatic carbocycles. The molecule has 1 atom stereocenters. The summed E-state index contributed by atoms with van der Waals surface area (Å²) in [7, 11) is 0. The standard InChI is InChI=1S/C18H32N8O4/c1-3-5-6-7-14(12-26(29)13-27)15(28)23-24-17-20-16(19-4-2)21-18(22-17)25-8-10-30-11-9-25/h13-14,29H,3-12H2,1-2H3,(H,23,28)(H2,19,20,21,22,24). The summed E-state index contributed by atoms with van der Waals surface area (Å²) in [6, 6.07) is 0. The molecule has 0 radical (unpaired) electrons. The molecular weight excluding hydrogens is 392 g/mol. The molecule has 2 rings (SSSR count). The fraction of sp³-hybridized carbons (Fsp3) is 0.722. The summed E-state index contributed by atoms with van der Waals surface area (Å²) in [5, 5.41) is 13.0. The van der Waals surface area contributed by atoms with E-state index >= 15 is 0 Å². The molecule has 4 N–H and O–H groups in total. The first kappa shape index (κ1) is 23.5. The summed E-state index contributed by atoms with van der Waals surface area (Å²) in [6.07, 6.45) is 3.62. The minimum atomic E-state index is -0.562. The molecule has 1 aromatic rings. The third kappa shape index (κ3) is 7.59. The van der Waals surface area contributed by atoms with Crippen molar-refractivity contribution in [2.75, 3.05) is 55.0 Å². The predicted molar refractivity (Wildman–Crippen MR) is 111 cm³/mol. The van der Waals surface area contributed by atoms with Gasteiger partial charge in [-0.2, -0.15) is 15.0 Å². The fourth-order valence-corrected chi connectivity index (χ4v) is 3.00. The minimum Gasteiger partial charge on any atom is -0.378 e. The van der Waals surface area contributed by atoms with E-state index in [0.29, 0.717) is 56.2 Å². The van der Waals surface area contributed by atoms with E-state index in [1.807, 2.05) is 11.8 Å². The third-order valence-electron chi connectivity index (χ3n) is 4.61. The Morgan fingerprint density at radius 2 is 1.97 bits per heavy atom. The Hall–Kier alpha value is -2.73. The number of amides is 2. The van der Waals surface area contributed by atoms with E-state index in [1.54, 1.807) is 0 Å². The maximum Gasteiger partial charge on any atom is 0.248 e. The molecule has 1 fully saturated rings. The van der Waals surface area contributed by atoms with E-state index in [2.05, 4.69) is 38.0 Å². The number of aromatic nitrogens is 3. The van der Waals surface area contributed by atoms with Gasteiger partial charge < -0.3 is 15.0 Å². The normalized spacial score (nSPS) is 14.7. The second kappa shape index (κ2) is 12.8. The summed E-state index contributed by atoms with van der Waals surface area (Å²) in [6.45, 7) is 7.06. The van der Waals surface area contributed by atoms with Crippen LogP contribution in [0.25, 0.3) is 0 Å². The maximum atomic E-state index is 12.6. The van der Waals surface area contributed by atoms with Crippen LogP contribution in [0.1, 0.15) is 39.5 Å². The first-order valence-corrected chi connectivity index (χ1v) is 10.4. The Bertz CT molecular complexity index is 672. The number of morpholine rings is 1. The van der Waals surface area contributed by atoms with Crippen molar-refractivity contribution in [3.8, 4) is 0 Å². The van der Waals surface area contributed by atoms with Crippen molar-refractivity contribution >= 4 is 30.2 Å². The summed E-state index contributed by atoms with van der Waals surface area (Å²) in [4.78, 5) is 38.4. The van der Waals surface area contributed by atoms with Gasteiger partial charge in [0.25, 0.3) is 0 Å². The number of hydrazine groups is 1. The molecule has 168 valence electrons. The van der Waals surface area contributed by atoms with E-state index in [9.17, 15) is 14.8 Å². The van der Waals surface area contributed by atoms with Crippen LogP contribution in [0.3, 0.4) is 0 Å². The molecule has 2 amide bonds. The molecular formula is C18H32N8O4. The molecule has 0 aromatic carbocycles. The highest BCUT2D eigenvalue weighted by Crippen LogP contribution is 2.15. The number of carbonyl (C=O) groups excluding carboxylic acids is 2. The van der Waals surface area contributed by atoms with Crippen LogP contribution in [0.5, 0.6) is 0 Å². The van der Waals surface area contributed by atoms with E-state index in [1.165, 1.54) is 0 Å². The van der Waals surface area contributed by atoms with Crippen molar-refractivity contribution in [1.29, 1.82) is 0 Å². The number of unbranched alkanes of at least 4 members (excludes halogenated alkanes) is 2. The first-order chi connectivity index (χ1) is 14.6. The first-order valence-electron chi connectivity index (χ1n) is 10.4. The minimum absolute atomic E-state index is 0.0837. The predicted octanol–water partition coefficient (Wildman–Crippen LogP) is 0.627. The van der Waals surface area contributed by atoms with Gasteiger partial charge in [0.15, 0.2) is 0 Å². The lowest BCUT2D eigenvalue weighted by Gasteiger charge is -2.27. The molecule has 1 saturated heterocycles. The highest BCUT2D eigenvalue weighted by Gasteiger charge is 2.21. The molecule has 0 bridgehead atoms. The van der Waals surface area contributed by atoms with Gasteiger partial charge in [-0.1, -0.05) is 26.2 Å². The lowest BCUT2D eigenvalue weighted by Crippen LogP contribution is -2.41. The van der Waals surface area contributed by atoms with E-state index < -0.39 is 5.92 Å². The summed E-state index contributed by atoms with van der Waals surface area (Å²) in [5.74, 6) is 0.161. The van der Waals surface area contributed by atoms with Crippen LogP contribution in [0.15, 0.2) is 0 Å². The van der Waals surface area contributed by atoms with Gasteiger partial charge in [0.05, 0.1) is 25.7 Å². The van der Waals surface area contributed by atoms with Crippen molar-refractivity contribution in [2.45, 2.75) is 39.5 Å². The molecule has 1 aliphatic rings. The molecule has 12 heteroatoms. The molecule has 12 nitrogen and oxygen atoms in total. The Morgan fingerprint density at radius 3 is 2.63 bits per heavy atom. The third-order valence-corrected chi connectivity index (χ3v) is 4.61. The lowest BCUT2D eigenvalue weighted by atomic mass is 10.0. The van der Waals surface area contributed by atoms with Crippen LogP contribution >= 0.6 is 0 Å². The van der Waals surface area contributed by atoms with Crippen LogP contribution in [0, 0.1) is 5.92 Å². The van der Waals surface area contributed by atoms with Crippen LogP contribution in [0.4, 0.5) is 17.8 Å². The number of hydrogen-bond donors (Lipinski definition) is 4. The molecule has 1 unspecified atom stereocenters. The van der Waals surface area contributed by atoms with Crippen molar-refractivity contribution in [3.63, 3.8) is 0 Å². The smallest absolute Gasteiger partial charge is 0.248 e. The van der Waals surface area contributed by atoms with Crippen molar-refractivity contribution < 1.29 is 19.5 Å². The van der Waals surface area contributed by atoms with Crippen LogP contribution in [0.2, 0.25) is 0 Å². The zero-order valence-corrected chi connectivity index (χ0v) is 17.6. The number of nitrogens with one attached hydrogen (secondary N) is 3. The van der Waals surface area contributed by atoms with Gasteiger partial charge in [0.1, 0.15) is 0 Å². The molecule has 30 heavy (non-hydrogen) atoms. The average molecular weight is 425 g/mol. The SMILES string of the molecule is CCCCCC(CN(O)C=O)C(=O)NNc1nc(NCC)nc(N2CCOCC2)n1. The van der Waals surface area contributed by atoms with Crippen molar-refractivity contribution in [3.05, 3.63) is 0 Å². The Labute approximate surface area is 176 Å². The topological polar surface area (TPSA) is 145 Å². The maximum absolute atomic E-state index is 12.6. The molecule has 0 saturated carbocycles. The zero-order valence-electron chi connectivity index (χ0n) is 17.6. The number of rotatable bonds is 13. The van der Waals surface area contributed by atoms with Gasteiger partial charge in [0.2, 0.25) is 30.2 Å². The fourth-order valence-electron chi connectivity index (χ4n) is 3.00. The van der Waals surface area contributed by atoms with E-state index in [4.69, 9.17) is 4.74 Å². The van der Waals surface area contributed by atoms with Crippen molar-refractivity contribution in [2.24, 2.45) is 5.92 Å². The van der Waals surface area contributed by atoms with Gasteiger partial charge in [-0.15, -0.1) is 0 Å². The molecule has 1 aromatic heterocycles. The largest absolute Gasteiger partial charge is 0.378 e. The summed E-state index contributed by atoms with van der Waals surface area (Å²) >= 11 is 0. The highest BCUT2D eigenvalue weighted by atomic mass is 16.5. The number of anilines is 3. The quantitative estimate of drug-likeness (QED) is 0.154. The second-order valence-corrected chi connectivity index (χ2v) is 6.95. The molecule has 1 aliphatic heterocycles. The lowest BCUT2D eigenvalue weighted by molar-refractivity contribution is -0.154. The number of hydrogen-bond acceptors (Lipinski definition) is 10. The monoisotopic (exact) mass is 424 g/mol. The van der Waals surface area contributed by atoms with E-state index in [0.717, 1.165) is 19.3 Å². The average Bonchev–Trinajstić information content (AvgIpc) is 2.77. The number of nitrogens with zero attached hydrogens (tertiary/aromatic N) is 5. The van der Waals surface area contributed by atoms with Crippen molar-refractivity contribution in [1.82, 2.24) is 25.4 Å². The van der Waals surface area contributed by atoms with Crippen LogP contribution in [-0.2, 0) is 14.3 Å². The molecule has 0 spiro atoms. The van der Waals surface area contributed by atoms with E-state index in [-0.39, 0.29) is 24.8 Å². The Morgan fingerprint density at radius 1 is 1.23 bits per heavy atom. The van der Waals surface area contributed by atoms with Gasteiger partial charge in [-0.05, 0) is 13.3 Å². The summed E-state index contributed by atoms with van der Waals surface area (Å²) in [5.41, 5.74) is 5.33. The Kier molecular flexibility index (Phi) is 10.0. The van der Waals surface area contributed by atoms with Gasteiger partial charge in [0, 0.05) is 19.6 Å². The zero-order chi connectivity index (χ0) is 21.8. The van der Waals surface area contributed by atoms with Crippen LogP contribution < -0.4 is 21.1 Å². The second-order valence-electron chi connectivity index (χ2n) is 6.95. The number of carbonyl (C=O) groups is 2. The molecule has 2 heterocycles. The number of ether oxygens (including phenoxy) is 1. The Balaban J connectivity index is 2.05. The van der Waals surface area contributed by atoms with Gasteiger partial charge >= 0.3 is 0 Å². The number of hydroxylamine groups is 2. The highest BCUT2D eigenvalue weighted by molar-refractivity contribution is 5.80. The van der Waals surface area contributed by atoms with Gasteiger partial charge in [-0.3, -0.25) is 25.6 Å². The van der Waals surface area contributed by atoms with Crippen LogP contribution in [-0.4, -0.2) is 76.9 Å².